The SMILES string of the molecule is CC(C)n1cc(C(O)CC2CC3CCC2C3)cn1. The van der Waals surface area contributed by atoms with Gasteiger partial charge in [0.2, 0.25) is 0 Å². The summed E-state index contributed by atoms with van der Waals surface area (Å²) in [6, 6.07) is 0.369. The molecule has 18 heavy (non-hydrogen) atoms. The van der Waals surface area contributed by atoms with E-state index in [-0.39, 0.29) is 6.10 Å². The molecular weight excluding hydrogens is 224 g/mol. The highest BCUT2D eigenvalue weighted by Crippen LogP contribution is 2.50. The van der Waals surface area contributed by atoms with Crippen molar-refractivity contribution in [2.75, 3.05) is 0 Å². The van der Waals surface area contributed by atoms with Crippen LogP contribution in [0.4, 0.5) is 0 Å². The zero-order valence-electron chi connectivity index (χ0n) is 11.4. The number of aromatic nitrogens is 2. The fourth-order valence-electron chi connectivity index (χ4n) is 3.90. The van der Waals surface area contributed by atoms with Gasteiger partial charge >= 0.3 is 0 Å². The van der Waals surface area contributed by atoms with Gasteiger partial charge in [0.15, 0.2) is 0 Å². The zero-order valence-corrected chi connectivity index (χ0v) is 11.4. The molecule has 0 spiro atoms. The standard InChI is InChI=1S/C15H24N2O/c1-10(2)17-9-14(8-16-17)15(18)7-13-6-11-3-4-12(13)5-11/h8-13,15,18H,3-7H2,1-2H3. The van der Waals surface area contributed by atoms with Crippen LogP contribution >= 0.6 is 0 Å². The molecule has 2 bridgehead atoms. The molecule has 4 unspecified atom stereocenters. The summed E-state index contributed by atoms with van der Waals surface area (Å²) in [6.45, 7) is 4.22. The minimum atomic E-state index is -0.318. The molecule has 1 aromatic rings. The highest BCUT2D eigenvalue weighted by atomic mass is 16.3. The zero-order chi connectivity index (χ0) is 12.7. The second kappa shape index (κ2) is 4.69. The van der Waals surface area contributed by atoms with Crippen LogP contribution in [0.2, 0.25) is 0 Å². The Hall–Kier alpha value is -0.830. The fourth-order valence-corrected chi connectivity index (χ4v) is 3.90. The first-order valence-electron chi connectivity index (χ1n) is 7.35. The van der Waals surface area contributed by atoms with Crippen molar-refractivity contribution in [3.63, 3.8) is 0 Å². The van der Waals surface area contributed by atoms with Crippen molar-refractivity contribution in [2.24, 2.45) is 17.8 Å². The minimum Gasteiger partial charge on any atom is -0.388 e. The minimum absolute atomic E-state index is 0.318. The van der Waals surface area contributed by atoms with Crippen molar-refractivity contribution >= 4 is 0 Å². The molecule has 1 N–H and O–H groups in total. The van der Waals surface area contributed by atoms with E-state index in [9.17, 15) is 5.11 Å². The van der Waals surface area contributed by atoms with Crippen molar-refractivity contribution in [1.82, 2.24) is 9.78 Å². The van der Waals surface area contributed by atoms with Crippen LogP contribution in [0, 0.1) is 17.8 Å². The summed E-state index contributed by atoms with van der Waals surface area (Å²) in [5.74, 6) is 2.61. The lowest BCUT2D eigenvalue weighted by atomic mass is 9.84. The van der Waals surface area contributed by atoms with Crippen molar-refractivity contribution in [3.8, 4) is 0 Å². The molecule has 1 aromatic heterocycles. The molecule has 0 aromatic carbocycles. The van der Waals surface area contributed by atoms with Gasteiger partial charge in [-0.3, -0.25) is 4.68 Å². The molecular formula is C15H24N2O. The number of aliphatic hydroxyl groups is 1. The van der Waals surface area contributed by atoms with Crippen LogP contribution < -0.4 is 0 Å². The van der Waals surface area contributed by atoms with Gasteiger partial charge in [-0.2, -0.15) is 5.10 Å². The van der Waals surface area contributed by atoms with E-state index in [1.54, 1.807) is 0 Å². The molecule has 0 amide bonds. The lowest BCUT2D eigenvalue weighted by Crippen LogP contribution is -2.14. The summed E-state index contributed by atoms with van der Waals surface area (Å²) in [6.07, 6.45) is 10.0. The van der Waals surface area contributed by atoms with Gasteiger partial charge < -0.3 is 5.11 Å². The van der Waals surface area contributed by atoms with Crippen LogP contribution in [-0.4, -0.2) is 14.9 Å². The van der Waals surface area contributed by atoms with Gasteiger partial charge in [0, 0.05) is 17.8 Å². The molecule has 2 aliphatic rings. The van der Waals surface area contributed by atoms with Gasteiger partial charge in [0.25, 0.3) is 0 Å². The van der Waals surface area contributed by atoms with E-state index in [4.69, 9.17) is 0 Å². The van der Waals surface area contributed by atoms with E-state index in [1.165, 1.54) is 25.7 Å². The molecule has 3 heteroatoms. The first-order valence-corrected chi connectivity index (χ1v) is 7.35. The quantitative estimate of drug-likeness (QED) is 0.887. The Balaban J connectivity index is 1.62. The average molecular weight is 248 g/mol. The van der Waals surface area contributed by atoms with Gasteiger partial charge in [-0.05, 0) is 57.3 Å². The maximum atomic E-state index is 10.4. The molecule has 0 aliphatic heterocycles. The Kier molecular flexibility index (Phi) is 3.18. The number of rotatable bonds is 4. The second-order valence-corrected chi connectivity index (χ2v) is 6.53. The topological polar surface area (TPSA) is 38.0 Å². The second-order valence-electron chi connectivity index (χ2n) is 6.53. The highest BCUT2D eigenvalue weighted by molar-refractivity contribution is 5.09. The Bertz CT molecular complexity index is 412. The van der Waals surface area contributed by atoms with E-state index < -0.39 is 0 Å². The molecule has 4 atom stereocenters. The summed E-state index contributed by atoms with van der Waals surface area (Å²) in [4.78, 5) is 0. The summed E-state index contributed by atoms with van der Waals surface area (Å²) in [5, 5.41) is 14.7. The smallest absolute Gasteiger partial charge is 0.0823 e. The van der Waals surface area contributed by atoms with Crippen molar-refractivity contribution in [3.05, 3.63) is 18.0 Å². The Labute approximate surface area is 109 Å². The average Bonchev–Trinajstić information content (AvgIpc) is 3.04. The number of fused-ring (bicyclic) bond motifs is 2. The van der Waals surface area contributed by atoms with Crippen LogP contribution in [0.5, 0.6) is 0 Å². The van der Waals surface area contributed by atoms with Crippen LogP contribution in [-0.2, 0) is 0 Å². The van der Waals surface area contributed by atoms with Crippen LogP contribution in [0.15, 0.2) is 12.4 Å². The maximum Gasteiger partial charge on any atom is 0.0823 e. The Morgan fingerprint density at radius 2 is 2.22 bits per heavy atom. The molecule has 2 aliphatic carbocycles. The van der Waals surface area contributed by atoms with Crippen LogP contribution in [0.3, 0.4) is 0 Å². The maximum absolute atomic E-state index is 10.4. The first kappa shape index (κ1) is 12.2. The monoisotopic (exact) mass is 248 g/mol. The van der Waals surface area contributed by atoms with Gasteiger partial charge in [0.1, 0.15) is 0 Å². The normalized spacial score (nSPS) is 32.3. The summed E-state index contributed by atoms with van der Waals surface area (Å²) in [5.41, 5.74) is 0.992. The molecule has 0 saturated heterocycles. The third-order valence-electron chi connectivity index (χ3n) is 4.95. The van der Waals surface area contributed by atoms with Crippen LogP contribution in [0.25, 0.3) is 0 Å². The molecule has 3 nitrogen and oxygen atoms in total. The van der Waals surface area contributed by atoms with E-state index in [2.05, 4.69) is 18.9 Å². The highest BCUT2D eigenvalue weighted by Gasteiger charge is 2.40. The number of nitrogens with zero attached hydrogens (tertiary/aromatic N) is 2. The predicted octanol–water partition coefficient (Wildman–Crippen LogP) is 3.32. The van der Waals surface area contributed by atoms with E-state index in [0.717, 1.165) is 29.7 Å². The van der Waals surface area contributed by atoms with Crippen molar-refractivity contribution < 1.29 is 5.11 Å². The van der Waals surface area contributed by atoms with Crippen molar-refractivity contribution in [2.45, 2.75) is 58.1 Å². The van der Waals surface area contributed by atoms with Gasteiger partial charge in [-0.1, -0.05) is 6.42 Å². The third-order valence-corrected chi connectivity index (χ3v) is 4.95. The largest absolute Gasteiger partial charge is 0.388 e. The van der Waals surface area contributed by atoms with E-state index in [1.807, 2.05) is 17.1 Å². The van der Waals surface area contributed by atoms with Gasteiger partial charge in [-0.15, -0.1) is 0 Å². The molecule has 3 rings (SSSR count). The summed E-state index contributed by atoms with van der Waals surface area (Å²) < 4.78 is 1.93. The van der Waals surface area contributed by atoms with Gasteiger partial charge in [0.05, 0.1) is 12.3 Å². The number of hydrogen-bond acceptors (Lipinski definition) is 2. The van der Waals surface area contributed by atoms with E-state index in [0.29, 0.717) is 6.04 Å². The first-order chi connectivity index (χ1) is 8.63. The Morgan fingerprint density at radius 1 is 1.39 bits per heavy atom. The lowest BCUT2D eigenvalue weighted by Gasteiger charge is -2.23. The molecule has 2 saturated carbocycles. The third kappa shape index (κ3) is 2.20. The lowest BCUT2D eigenvalue weighted by molar-refractivity contribution is 0.125. The van der Waals surface area contributed by atoms with Gasteiger partial charge in [-0.25, -0.2) is 0 Å². The molecule has 100 valence electrons. The fraction of sp³-hybridized carbons (Fsp3) is 0.800. The Morgan fingerprint density at radius 3 is 2.78 bits per heavy atom. The molecule has 1 heterocycles. The number of aliphatic hydroxyl groups excluding tert-OH is 1. The predicted molar refractivity (Wildman–Crippen MR) is 71.1 cm³/mol. The molecule has 0 radical (unpaired) electrons. The number of hydrogen-bond donors (Lipinski definition) is 1. The molecule has 2 fully saturated rings. The summed E-state index contributed by atoms with van der Waals surface area (Å²) >= 11 is 0. The van der Waals surface area contributed by atoms with Crippen molar-refractivity contribution in [1.29, 1.82) is 0 Å². The van der Waals surface area contributed by atoms with E-state index >= 15 is 0 Å². The van der Waals surface area contributed by atoms with Crippen LogP contribution in [0.1, 0.15) is 63.7 Å². The summed E-state index contributed by atoms with van der Waals surface area (Å²) in [7, 11) is 0.